The predicted molar refractivity (Wildman–Crippen MR) is 65.5 cm³/mol. The minimum absolute atomic E-state index is 0.299. The van der Waals surface area contributed by atoms with E-state index in [1.165, 1.54) is 6.92 Å². The van der Waals surface area contributed by atoms with Gasteiger partial charge in [0.15, 0.2) is 11.6 Å². The first kappa shape index (κ1) is 14.4. The van der Waals surface area contributed by atoms with Crippen LogP contribution in [0.25, 0.3) is 0 Å². The first-order chi connectivity index (χ1) is 9.36. The minimum Gasteiger partial charge on any atom is -0.343 e. The molecule has 1 heterocycles. The van der Waals surface area contributed by atoms with Crippen LogP contribution in [0.4, 0.5) is 18.9 Å². The lowest BCUT2D eigenvalue weighted by Gasteiger charge is -2.37. The maximum Gasteiger partial charge on any atom is 0.250 e. The van der Waals surface area contributed by atoms with Gasteiger partial charge in [-0.3, -0.25) is 14.5 Å². The molecule has 1 aromatic carbocycles. The summed E-state index contributed by atoms with van der Waals surface area (Å²) in [5, 5.41) is 2.47. The van der Waals surface area contributed by atoms with Crippen LogP contribution in [0.1, 0.15) is 20.3 Å². The zero-order chi connectivity index (χ0) is 15.0. The molecule has 0 aliphatic carbocycles. The van der Waals surface area contributed by atoms with Crippen LogP contribution in [0.5, 0.6) is 0 Å². The SMILES string of the molecule is CCC1NC(=O)C(C)N(c2cc(F)cc(F)c2F)C1=O. The van der Waals surface area contributed by atoms with Gasteiger partial charge in [0.2, 0.25) is 11.8 Å². The number of anilines is 1. The van der Waals surface area contributed by atoms with Crippen LogP contribution in [0.3, 0.4) is 0 Å². The molecule has 2 amide bonds. The van der Waals surface area contributed by atoms with Gasteiger partial charge in [-0.05, 0) is 13.3 Å². The van der Waals surface area contributed by atoms with Crippen LogP contribution in [-0.4, -0.2) is 23.9 Å². The molecule has 2 rings (SSSR count). The monoisotopic (exact) mass is 286 g/mol. The van der Waals surface area contributed by atoms with Crippen molar-refractivity contribution < 1.29 is 22.8 Å². The average molecular weight is 286 g/mol. The van der Waals surface area contributed by atoms with Crippen LogP contribution < -0.4 is 10.2 Å². The number of nitrogens with one attached hydrogen (secondary N) is 1. The van der Waals surface area contributed by atoms with Gasteiger partial charge in [-0.25, -0.2) is 13.2 Å². The number of amides is 2. The number of hydrogen-bond donors (Lipinski definition) is 1. The quantitative estimate of drug-likeness (QED) is 0.842. The van der Waals surface area contributed by atoms with Gasteiger partial charge < -0.3 is 5.32 Å². The van der Waals surface area contributed by atoms with E-state index < -0.39 is 47.0 Å². The van der Waals surface area contributed by atoms with Gasteiger partial charge in [-0.2, -0.15) is 0 Å². The summed E-state index contributed by atoms with van der Waals surface area (Å²) >= 11 is 0. The second kappa shape index (κ2) is 5.15. The highest BCUT2D eigenvalue weighted by molar-refractivity contribution is 6.08. The number of hydrogen-bond acceptors (Lipinski definition) is 2. The van der Waals surface area contributed by atoms with E-state index in [9.17, 15) is 22.8 Å². The van der Waals surface area contributed by atoms with E-state index in [1.54, 1.807) is 6.92 Å². The highest BCUT2D eigenvalue weighted by Gasteiger charge is 2.39. The summed E-state index contributed by atoms with van der Waals surface area (Å²) in [7, 11) is 0. The lowest BCUT2D eigenvalue weighted by atomic mass is 10.0. The summed E-state index contributed by atoms with van der Waals surface area (Å²) < 4.78 is 40.3. The molecule has 1 N–H and O–H groups in total. The summed E-state index contributed by atoms with van der Waals surface area (Å²) in [5.41, 5.74) is -0.562. The molecule has 1 fully saturated rings. The maximum absolute atomic E-state index is 13.8. The lowest BCUT2D eigenvalue weighted by Crippen LogP contribution is -2.62. The zero-order valence-electron chi connectivity index (χ0n) is 10.9. The molecule has 0 aromatic heterocycles. The molecule has 0 radical (unpaired) electrons. The predicted octanol–water partition coefficient (Wildman–Crippen LogP) is 1.73. The van der Waals surface area contributed by atoms with Gasteiger partial charge >= 0.3 is 0 Å². The minimum atomic E-state index is -1.40. The average Bonchev–Trinajstić information content (AvgIpc) is 2.39. The highest BCUT2D eigenvalue weighted by Crippen LogP contribution is 2.27. The Hall–Kier alpha value is -2.05. The molecule has 4 nitrogen and oxygen atoms in total. The Bertz CT molecular complexity index is 577. The summed E-state index contributed by atoms with van der Waals surface area (Å²) in [6.45, 7) is 3.03. The van der Waals surface area contributed by atoms with E-state index in [0.717, 1.165) is 4.90 Å². The summed E-state index contributed by atoms with van der Waals surface area (Å²) in [4.78, 5) is 24.7. The number of rotatable bonds is 2. The Kier molecular flexibility index (Phi) is 3.69. The fourth-order valence-electron chi connectivity index (χ4n) is 2.15. The van der Waals surface area contributed by atoms with Crippen molar-refractivity contribution in [2.45, 2.75) is 32.4 Å². The van der Waals surface area contributed by atoms with Gasteiger partial charge in [-0.1, -0.05) is 6.92 Å². The van der Waals surface area contributed by atoms with E-state index in [0.29, 0.717) is 18.6 Å². The molecule has 1 aromatic rings. The molecule has 7 heteroatoms. The Morgan fingerprint density at radius 1 is 1.25 bits per heavy atom. The van der Waals surface area contributed by atoms with Gasteiger partial charge in [0, 0.05) is 12.1 Å². The molecule has 0 spiro atoms. The van der Waals surface area contributed by atoms with Crippen LogP contribution in [0.2, 0.25) is 0 Å². The lowest BCUT2D eigenvalue weighted by molar-refractivity contribution is -0.133. The number of carbonyl (C=O) groups excluding carboxylic acids is 2. The zero-order valence-corrected chi connectivity index (χ0v) is 10.9. The number of nitrogens with zero attached hydrogens (tertiary/aromatic N) is 1. The smallest absolute Gasteiger partial charge is 0.250 e. The third-order valence-electron chi connectivity index (χ3n) is 3.26. The molecule has 1 aliphatic rings. The Morgan fingerprint density at radius 3 is 2.50 bits per heavy atom. The summed E-state index contributed by atoms with van der Waals surface area (Å²) in [6.07, 6.45) is 0.299. The van der Waals surface area contributed by atoms with Crippen LogP contribution in [0.15, 0.2) is 12.1 Å². The largest absolute Gasteiger partial charge is 0.343 e. The second-order valence-corrected chi connectivity index (χ2v) is 4.57. The number of piperazine rings is 1. The van der Waals surface area contributed by atoms with Crippen molar-refractivity contribution in [2.75, 3.05) is 4.90 Å². The van der Waals surface area contributed by atoms with Crippen molar-refractivity contribution in [1.29, 1.82) is 0 Å². The van der Waals surface area contributed by atoms with Gasteiger partial charge in [-0.15, -0.1) is 0 Å². The van der Waals surface area contributed by atoms with Crippen molar-refractivity contribution in [3.8, 4) is 0 Å². The summed E-state index contributed by atoms with van der Waals surface area (Å²) in [6, 6.07) is -0.779. The molecule has 1 aliphatic heterocycles. The third kappa shape index (κ3) is 2.23. The Morgan fingerprint density at radius 2 is 1.90 bits per heavy atom. The second-order valence-electron chi connectivity index (χ2n) is 4.57. The molecule has 2 unspecified atom stereocenters. The van der Waals surface area contributed by atoms with Crippen molar-refractivity contribution >= 4 is 17.5 Å². The van der Waals surface area contributed by atoms with Crippen LogP contribution in [-0.2, 0) is 9.59 Å². The Balaban J connectivity index is 2.53. The fourth-order valence-corrected chi connectivity index (χ4v) is 2.15. The number of halogens is 3. The maximum atomic E-state index is 13.8. The van der Waals surface area contributed by atoms with E-state index in [1.807, 2.05) is 0 Å². The fraction of sp³-hybridized carbons (Fsp3) is 0.385. The third-order valence-corrected chi connectivity index (χ3v) is 3.26. The topological polar surface area (TPSA) is 49.4 Å². The molecule has 108 valence electrons. The highest BCUT2D eigenvalue weighted by atomic mass is 19.2. The number of carbonyl (C=O) groups is 2. The molecular weight excluding hydrogens is 273 g/mol. The van der Waals surface area contributed by atoms with Crippen molar-refractivity contribution in [1.82, 2.24) is 5.32 Å². The van der Waals surface area contributed by atoms with E-state index in [2.05, 4.69) is 5.32 Å². The number of benzene rings is 1. The molecular formula is C13H13F3N2O2. The van der Waals surface area contributed by atoms with Gasteiger partial charge in [0.25, 0.3) is 0 Å². The van der Waals surface area contributed by atoms with Gasteiger partial charge in [0.1, 0.15) is 17.9 Å². The van der Waals surface area contributed by atoms with E-state index in [-0.39, 0.29) is 0 Å². The molecule has 0 bridgehead atoms. The van der Waals surface area contributed by atoms with Crippen molar-refractivity contribution in [2.24, 2.45) is 0 Å². The summed E-state index contributed by atoms with van der Waals surface area (Å²) in [5.74, 6) is -4.86. The molecule has 1 saturated heterocycles. The Labute approximate surface area is 113 Å². The first-order valence-corrected chi connectivity index (χ1v) is 6.14. The van der Waals surface area contributed by atoms with Crippen molar-refractivity contribution in [3.63, 3.8) is 0 Å². The first-order valence-electron chi connectivity index (χ1n) is 6.14. The molecule has 20 heavy (non-hydrogen) atoms. The standard InChI is InChI=1S/C13H13F3N2O2/c1-3-9-13(20)18(6(2)12(19)17-9)10-5-7(14)4-8(15)11(10)16/h4-6,9H,3H2,1-2H3,(H,17,19). The molecule has 2 atom stereocenters. The van der Waals surface area contributed by atoms with Crippen LogP contribution in [0, 0.1) is 17.5 Å². The van der Waals surface area contributed by atoms with Gasteiger partial charge in [0.05, 0.1) is 5.69 Å². The normalized spacial score (nSPS) is 22.9. The van der Waals surface area contributed by atoms with Crippen molar-refractivity contribution in [3.05, 3.63) is 29.6 Å². The van der Waals surface area contributed by atoms with E-state index >= 15 is 0 Å². The van der Waals surface area contributed by atoms with E-state index in [4.69, 9.17) is 0 Å². The van der Waals surface area contributed by atoms with Crippen LogP contribution >= 0.6 is 0 Å². The molecule has 0 saturated carbocycles.